The quantitative estimate of drug-likeness (QED) is 0.692. The van der Waals surface area contributed by atoms with Crippen LogP contribution in [0.25, 0.3) is 0 Å². The highest BCUT2D eigenvalue weighted by molar-refractivity contribution is 5.92. The first-order chi connectivity index (χ1) is 9.18. The fourth-order valence-corrected chi connectivity index (χ4v) is 2.09. The molecule has 4 heteroatoms. The molecule has 1 heterocycles. The number of benzene rings is 1. The van der Waals surface area contributed by atoms with E-state index in [0.717, 1.165) is 5.69 Å². The number of anilines is 1. The molecule has 20 heavy (non-hydrogen) atoms. The Kier molecular flexibility index (Phi) is 6.19. The van der Waals surface area contributed by atoms with E-state index in [9.17, 15) is 4.79 Å². The van der Waals surface area contributed by atoms with Crippen molar-refractivity contribution in [2.45, 2.75) is 26.4 Å². The fraction of sp³-hybridized carbons (Fsp3) is 0.250. The van der Waals surface area contributed by atoms with Gasteiger partial charge in [0, 0.05) is 23.9 Å². The van der Waals surface area contributed by atoms with Gasteiger partial charge in [0.05, 0.1) is 0 Å². The van der Waals surface area contributed by atoms with Crippen LogP contribution in [0.1, 0.15) is 13.8 Å². The minimum absolute atomic E-state index is 0. The van der Waals surface area contributed by atoms with Gasteiger partial charge in [-0.1, -0.05) is 24.3 Å². The van der Waals surface area contributed by atoms with Crippen molar-refractivity contribution in [3.63, 3.8) is 0 Å². The number of nitrogens with zero attached hydrogens (tertiary/aromatic N) is 2. The van der Waals surface area contributed by atoms with Crippen LogP contribution in [0.2, 0.25) is 0 Å². The number of carbonyl (C=O) groups excluding carboxylic acids is 1. The largest absolute Gasteiger partial charge is 1.00 e. The second-order valence-corrected chi connectivity index (χ2v) is 4.74. The monoisotopic (exact) mass is 290 g/mol. The first-order valence-corrected chi connectivity index (χ1v) is 6.49. The Labute approximate surface area is 126 Å². The smallest absolute Gasteiger partial charge is 0.293 e. The zero-order valence-electron chi connectivity index (χ0n) is 11.7. The molecule has 3 nitrogen and oxygen atoms in total. The lowest BCUT2D eigenvalue weighted by atomic mass is 10.2. The molecule has 0 unspecified atom stereocenters. The number of halogens is 1. The third kappa shape index (κ3) is 4.07. The number of amides is 1. The lowest BCUT2D eigenvalue weighted by Gasteiger charge is -2.25. The van der Waals surface area contributed by atoms with E-state index in [4.69, 9.17) is 0 Å². The molecule has 0 radical (unpaired) electrons. The van der Waals surface area contributed by atoms with Crippen LogP contribution in [-0.4, -0.2) is 11.9 Å². The molecule has 0 bridgehead atoms. The molecule has 0 atom stereocenters. The predicted molar refractivity (Wildman–Crippen MR) is 75.7 cm³/mol. The Morgan fingerprint density at radius 3 is 2.15 bits per heavy atom. The van der Waals surface area contributed by atoms with Crippen LogP contribution in [-0.2, 0) is 11.3 Å². The van der Waals surface area contributed by atoms with Gasteiger partial charge in [-0.25, -0.2) is 0 Å². The van der Waals surface area contributed by atoms with Crippen molar-refractivity contribution in [1.29, 1.82) is 0 Å². The van der Waals surface area contributed by atoms with E-state index in [2.05, 4.69) is 0 Å². The molecular formula is C16H19ClN2O. The third-order valence-corrected chi connectivity index (χ3v) is 2.91. The van der Waals surface area contributed by atoms with Crippen LogP contribution in [0.5, 0.6) is 0 Å². The van der Waals surface area contributed by atoms with Crippen LogP contribution in [0.15, 0.2) is 60.9 Å². The van der Waals surface area contributed by atoms with Crippen LogP contribution < -0.4 is 21.9 Å². The second kappa shape index (κ2) is 7.65. The number of hydrogen-bond acceptors (Lipinski definition) is 1. The van der Waals surface area contributed by atoms with Gasteiger partial charge in [0.2, 0.25) is 6.54 Å². The zero-order chi connectivity index (χ0) is 13.7. The molecular weight excluding hydrogens is 272 g/mol. The number of para-hydroxylation sites is 1. The Bertz CT molecular complexity index is 529. The highest BCUT2D eigenvalue weighted by Crippen LogP contribution is 2.16. The second-order valence-electron chi connectivity index (χ2n) is 4.74. The average Bonchev–Trinajstić information content (AvgIpc) is 2.40. The normalized spacial score (nSPS) is 9.95. The summed E-state index contributed by atoms with van der Waals surface area (Å²) in [5, 5.41) is 0. The molecule has 2 rings (SSSR count). The lowest BCUT2D eigenvalue weighted by molar-refractivity contribution is -0.684. The van der Waals surface area contributed by atoms with Gasteiger partial charge in [-0.2, -0.15) is 4.57 Å². The Hall–Kier alpha value is -1.87. The number of rotatable bonds is 4. The molecule has 1 aromatic heterocycles. The van der Waals surface area contributed by atoms with Crippen molar-refractivity contribution in [2.24, 2.45) is 0 Å². The molecule has 0 saturated heterocycles. The molecule has 0 aliphatic heterocycles. The SMILES string of the molecule is CC(C)N(C(=O)C[n+]1ccccc1)c1ccccc1.[Cl-]. The van der Waals surface area contributed by atoms with E-state index in [1.54, 1.807) is 0 Å². The molecule has 0 aliphatic carbocycles. The maximum absolute atomic E-state index is 12.5. The summed E-state index contributed by atoms with van der Waals surface area (Å²) in [6.45, 7) is 4.41. The fourth-order valence-electron chi connectivity index (χ4n) is 2.09. The molecule has 2 aromatic rings. The average molecular weight is 291 g/mol. The van der Waals surface area contributed by atoms with Crippen LogP contribution in [0, 0.1) is 0 Å². The summed E-state index contributed by atoms with van der Waals surface area (Å²) in [6, 6.07) is 15.7. The van der Waals surface area contributed by atoms with Gasteiger partial charge in [-0.05, 0) is 26.0 Å². The summed E-state index contributed by atoms with van der Waals surface area (Å²) in [6.07, 6.45) is 3.81. The third-order valence-electron chi connectivity index (χ3n) is 2.91. The summed E-state index contributed by atoms with van der Waals surface area (Å²) in [7, 11) is 0. The molecule has 1 amide bonds. The minimum atomic E-state index is 0. The Morgan fingerprint density at radius 2 is 1.60 bits per heavy atom. The molecule has 0 aliphatic rings. The van der Waals surface area contributed by atoms with E-state index < -0.39 is 0 Å². The van der Waals surface area contributed by atoms with Gasteiger partial charge in [-0.15, -0.1) is 0 Å². The van der Waals surface area contributed by atoms with Crippen molar-refractivity contribution in [2.75, 3.05) is 4.90 Å². The van der Waals surface area contributed by atoms with Gasteiger partial charge >= 0.3 is 0 Å². The summed E-state index contributed by atoms with van der Waals surface area (Å²) in [4.78, 5) is 14.3. The van der Waals surface area contributed by atoms with E-state index >= 15 is 0 Å². The van der Waals surface area contributed by atoms with Gasteiger partial charge < -0.3 is 17.3 Å². The molecule has 0 saturated carbocycles. The Morgan fingerprint density at radius 1 is 1.05 bits per heavy atom. The van der Waals surface area contributed by atoms with E-state index in [0.29, 0.717) is 6.54 Å². The van der Waals surface area contributed by atoms with E-state index in [-0.39, 0.29) is 24.4 Å². The van der Waals surface area contributed by atoms with Gasteiger partial charge in [0.15, 0.2) is 12.4 Å². The predicted octanol–water partition coefficient (Wildman–Crippen LogP) is -0.580. The maximum Gasteiger partial charge on any atom is 0.293 e. The van der Waals surface area contributed by atoms with E-state index in [1.165, 1.54) is 0 Å². The minimum Gasteiger partial charge on any atom is -1.00 e. The molecule has 1 aromatic carbocycles. The van der Waals surface area contributed by atoms with Crippen molar-refractivity contribution in [3.05, 3.63) is 60.9 Å². The molecule has 0 fully saturated rings. The highest BCUT2D eigenvalue weighted by Gasteiger charge is 2.21. The van der Waals surface area contributed by atoms with E-state index in [1.807, 2.05) is 84.2 Å². The molecule has 0 spiro atoms. The summed E-state index contributed by atoms with van der Waals surface area (Å²) in [5.74, 6) is 0.0948. The van der Waals surface area contributed by atoms with Crippen molar-refractivity contribution < 1.29 is 21.8 Å². The van der Waals surface area contributed by atoms with Crippen LogP contribution in [0.3, 0.4) is 0 Å². The van der Waals surface area contributed by atoms with Crippen LogP contribution >= 0.6 is 0 Å². The van der Waals surface area contributed by atoms with Gasteiger partial charge in [0.25, 0.3) is 5.91 Å². The first kappa shape index (κ1) is 16.2. The zero-order valence-corrected chi connectivity index (χ0v) is 12.5. The summed E-state index contributed by atoms with van der Waals surface area (Å²) >= 11 is 0. The van der Waals surface area contributed by atoms with Gasteiger partial charge in [-0.3, -0.25) is 4.79 Å². The summed E-state index contributed by atoms with van der Waals surface area (Å²) in [5.41, 5.74) is 0.944. The van der Waals surface area contributed by atoms with Crippen molar-refractivity contribution in [3.8, 4) is 0 Å². The summed E-state index contributed by atoms with van der Waals surface area (Å²) < 4.78 is 1.89. The molecule has 106 valence electrons. The van der Waals surface area contributed by atoms with Crippen molar-refractivity contribution in [1.82, 2.24) is 0 Å². The topological polar surface area (TPSA) is 24.2 Å². The van der Waals surface area contributed by atoms with Crippen molar-refractivity contribution >= 4 is 11.6 Å². The van der Waals surface area contributed by atoms with Gasteiger partial charge in [0.1, 0.15) is 0 Å². The van der Waals surface area contributed by atoms with Crippen LogP contribution in [0.4, 0.5) is 5.69 Å². The highest BCUT2D eigenvalue weighted by atomic mass is 35.5. The molecule has 0 N–H and O–H groups in total. The number of carbonyl (C=O) groups is 1. The standard InChI is InChI=1S/C16H19N2O.ClH/c1-14(2)18(15-9-5-3-6-10-15)16(19)13-17-11-7-4-8-12-17;/h3-12,14H,13H2,1-2H3;1H/q+1;/p-1. The lowest BCUT2D eigenvalue weighted by Crippen LogP contribution is -3.00. The number of pyridine rings is 1. The Balaban J connectivity index is 0.00000200. The maximum atomic E-state index is 12.5. The number of aromatic nitrogens is 1. The first-order valence-electron chi connectivity index (χ1n) is 6.49. The number of hydrogen-bond donors (Lipinski definition) is 0.